The number of nitrogens with two attached hydrogens (primary N) is 1. The maximum Gasteiger partial charge on any atom is 0.128 e. The van der Waals surface area contributed by atoms with Gasteiger partial charge in [-0.2, -0.15) is 0 Å². The third-order valence-corrected chi connectivity index (χ3v) is 3.74. The first-order valence-electron chi connectivity index (χ1n) is 7.02. The smallest absolute Gasteiger partial charge is 0.128 e. The molecule has 0 fully saturated rings. The van der Waals surface area contributed by atoms with Crippen molar-refractivity contribution in [1.29, 1.82) is 0 Å². The fraction of sp³-hybridized carbons (Fsp3) is 0.176. The van der Waals surface area contributed by atoms with Crippen LogP contribution >= 0.6 is 0 Å². The quantitative estimate of drug-likeness (QED) is 0.754. The van der Waals surface area contributed by atoms with Crippen LogP contribution in [0.3, 0.4) is 0 Å². The minimum atomic E-state index is 0.722. The Bertz CT molecular complexity index is 806. The second-order valence-electron chi connectivity index (χ2n) is 5.28. The molecule has 22 heavy (non-hydrogen) atoms. The van der Waals surface area contributed by atoms with Gasteiger partial charge in [0.25, 0.3) is 0 Å². The van der Waals surface area contributed by atoms with E-state index in [9.17, 15) is 0 Å². The maximum atomic E-state index is 5.71. The Morgan fingerprint density at radius 3 is 2.41 bits per heavy atom. The Balaban J connectivity index is 2.04. The predicted octanol–water partition coefficient (Wildman–Crippen LogP) is 3.14. The van der Waals surface area contributed by atoms with Gasteiger partial charge in [-0.15, -0.1) is 5.10 Å². The number of nitrogens with zero attached hydrogens (tertiary/aromatic N) is 3. The number of benzene rings is 2. The number of ether oxygens (including phenoxy) is 1. The van der Waals surface area contributed by atoms with Crippen LogP contribution < -0.4 is 10.5 Å². The van der Waals surface area contributed by atoms with Crippen LogP contribution in [0.15, 0.2) is 42.6 Å². The summed E-state index contributed by atoms with van der Waals surface area (Å²) in [6, 6.07) is 11.6. The van der Waals surface area contributed by atoms with Crippen LogP contribution in [0.1, 0.15) is 11.1 Å². The summed E-state index contributed by atoms with van der Waals surface area (Å²) in [7, 11) is 1.66. The van der Waals surface area contributed by atoms with E-state index in [1.165, 1.54) is 11.1 Å². The minimum Gasteiger partial charge on any atom is -0.496 e. The fourth-order valence-electron chi connectivity index (χ4n) is 2.30. The van der Waals surface area contributed by atoms with Gasteiger partial charge < -0.3 is 10.5 Å². The summed E-state index contributed by atoms with van der Waals surface area (Å²) in [5.74, 6) is 0.799. The van der Waals surface area contributed by atoms with Crippen molar-refractivity contribution in [2.45, 2.75) is 13.8 Å². The molecule has 0 atom stereocenters. The monoisotopic (exact) mass is 294 g/mol. The lowest BCUT2D eigenvalue weighted by molar-refractivity contribution is 0.416. The van der Waals surface area contributed by atoms with Gasteiger partial charge in [0.15, 0.2) is 0 Å². The average Bonchev–Trinajstić information content (AvgIpc) is 3.00. The van der Waals surface area contributed by atoms with E-state index in [1.807, 2.05) is 36.5 Å². The molecular formula is C17H18N4O. The van der Waals surface area contributed by atoms with Crippen molar-refractivity contribution in [2.75, 3.05) is 12.8 Å². The van der Waals surface area contributed by atoms with Gasteiger partial charge in [-0.1, -0.05) is 5.21 Å². The minimum absolute atomic E-state index is 0.722. The molecule has 0 bridgehead atoms. The Morgan fingerprint density at radius 1 is 1.05 bits per heavy atom. The highest BCUT2D eigenvalue weighted by atomic mass is 16.5. The van der Waals surface area contributed by atoms with E-state index in [1.54, 1.807) is 11.8 Å². The molecule has 5 nitrogen and oxygen atoms in total. The van der Waals surface area contributed by atoms with Gasteiger partial charge in [-0.3, -0.25) is 0 Å². The lowest BCUT2D eigenvalue weighted by Gasteiger charge is -2.09. The number of aromatic nitrogens is 3. The van der Waals surface area contributed by atoms with Crippen molar-refractivity contribution in [3.63, 3.8) is 0 Å². The summed E-state index contributed by atoms with van der Waals surface area (Å²) >= 11 is 0. The highest BCUT2D eigenvalue weighted by Crippen LogP contribution is 2.31. The molecule has 0 amide bonds. The zero-order chi connectivity index (χ0) is 15.7. The van der Waals surface area contributed by atoms with Crippen LogP contribution in [0.5, 0.6) is 5.75 Å². The largest absolute Gasteiger partial charge is 0.496 e. The topological polar surface area (TPSA) is 66.0 Å². The molecule has 3 rings (SSSR count). The third kappa shape index (κ3) is 2.53. The second kappa shape index (κ2) is 5.52. The molecule has 112 valence electrons. The summed E-state index contributed by atoms with van der Waals surface area (Å²) in [5, 5.41) is 8.46. The van der Waals surface area contributed by atoms with E-state index >= 15 is 0 Å². The number of aryl methyl sites for hydroxylation is 2. The molecule has 0 saturated heterocycles. The summed E-state index contributed by atoms with van der Waals surface area (Å²) < 4.78 is 7.20. The van der Waals surface area contributed by atoms with Crippen molar-refractivity contribution < 1.29 is 4.74 Å². The second-order valence-corrected chi connectivity index (χ2v) is 5.28. The molecule has 0 aliphatic rings. The Labute approximate surface area is 129 Å². The van der Waals surface area contributed by atoms with Crippen molar-refractivity contribution in [3.8, 4) is 22.7 Å². The van der Waals surface area contributed by atoms with Crippen molar-refractivity contribution >= 4 is 5.69 Å². The first-order chi connectivity index (χ1) is 10.6. The Hall–Kier alpha value is -2.82. The number of rotatable bonds is 3. The lowest BCUT2D eigenvalue weighted by Crippen LogP contribution is -1.95. The van der Waals surface area contributed by atoms with Gasteiger partial charge in [-0.25, -0.2) is 4.68 Å². The van der Waals surface area contributed by atoms with Gasteiger partial charge in [0, 0.05) is 11.3 Å². The molecule has 3 aromatic rings. The predicted molar refractivity (Wildman–Crippen MR) is 87.2 cm³/mol. The van der Waals surface area contributed by atoms with Gasteiger partial charge in [0.2, 0.25) is 0 Å². The highest BCUT2D eigenvalue weighted by Gasteiger charge is 2.12. The molecule has 2 aromatic carbocycles. The average molecular weight is 294 g/mol. The number of hydrogen-bond donors (Lipinski definition) is 1. The summed E-state index contributed by atoms with van der Waals surface area (Å²) in [5.41, 5.74) is 11.4. The van der Waals surface area contributed by atoms with Crippen LogP contribution in [-0.4, -0.2) is 22.1 Å². The van der Waals surface area contributed by atoms with E-state index < -0.39 is 0 Å². The summed E-state index contributed by atoms with van der Waals surface area (Å²) in [6.45, 7) is 4.13. The van der Waals surface area contributed by atoms with Crippen LogP contribution in [0, 0.1) is 13.8 Å². The molecule has 0 radical (unpaired) electrons. The van der Waals surface area contributed by atoms with Crippen LogP contribution in [0.2, 0.25) is 0 Å². The van der Waals surface area contributed by atoms with Crippen LogP contribution in [0.4, 0.5) is 5.69 Å². The molecule has 5 heteroatoms. The van der Waals surface area contributed by atoms with E-state index in [0.717, 1.165) is 28.4 Å². The molecule has 1 aromatic heterocycles. The van der Waals surface area contributed by atoms with E-state index in [4.69, 9.17) is 10.5 Å². The number of hydrogen-bond acceptors (Lipinski definition) is 4. The van der Waals surface area contributed by atoms with Crippen molar-refractivity contribution in [3.05, 3.63) is 53.7 Å². The normalized spacial score (nSPS) is 10.7. The molecule has 0 aliphatic carbocycles. The third-order valence-electron chi connectivity index (χ3n) is 3.74. The van der Waals surface area contributed by atoms with Gasteiger partial charge in [0.1, 0.15) is 11.4 Å². The first-order valence-corrected chi connectivity index (χ1v) is 7.02. The molecule has 0 saturated carbocycles. The Morgan fingerprint density at radius 2 is 1.73 bits per heavy atom. The van der Waals surface area contributed by atoms with Gasteiger partial charge in [0.05, 0.1) is 19.0 Å². The molecule has 0 unspecified atom stereocenters. The molecular weight excluding hydrogens is 276 g/mol. The standard InChI is InChI=1S/C17H18N4O/c1-11-8-15(17(22-3)9-12(11)2)16-10-21(20-19-16)14-6-4-13(18)5-7-14/h4-10H,18H2,1-3H3. The van der Waals surface area contributed by atoms with E-state index in [0.29, 0.717) is 0 Å². The maximum absolute atomic E-state index is 5.71. The number of anilines is 1. The molecule has 0 spiro atoms. The lowest BCUT2D eigenvalue weighted by atomic mass is 10.0. The zero-order valence-electron chi connectivity index (χ0n) is 12.9. The molecule has 2 N–H and O–H groups in total. The number of nitrogen functional groups attached to an aromatic ring is 1. The summed E-state index contributed by atoms with van der Waals surface area (Å²) in [6.07, 6.45) is 1.89. The van der Waals surface area contributed by atoms with Crippen LogP contribution in [0.25, 0.3) is 16.9 Å². The molecule has 1 heterocycles. The highest BCUT2D eigenvalue weighted by molar-refractivity contribution is 5.68. The van der Waals surface area contributed by atoms with Gasteiger partial charge in [-0.05, 0) is 61.4 Å². The van der Waals surface area contributed by atoms with E-state index in [-0.39, 0.29) is 0 Å². The summed E-state index contributed by atoms with van der Waals surface area (Å²) in [4.78, 5) is 0. The van der Waals surface area contributed by atoms with Crippen molar-refractivity contribution in [1.82, 2.24) is 15.0 Å². The fourth-order valence-corrected chi connectivity index (χ4v) is 2.30. The molecule has 0 aliphatic heterocycles. The zero-order valence-corrected chi connectivity index (χ0v) is 12.9. The Kier molecular flexibility index (Phi) is 3.55. The first kappa shape index (κ1) is 14.1. The number of methoxy groups -OCH3 is 1. The SMILES string of the molecule is COc1cc(C)c(C)cc1-c1cn(-c2ccc(N)cc2)nn1. The van der Waals surface area contributed by atoms with Crippen LogP contribution in [-0.2, 0) is 0 Å². The van der Waals surface area contributed by atoms with Crippen molar-refractivity contribution in [2.24, 2.45) is 0 Å². The van der Waals surface area contributed by atoms with Gasteiger partial charge >= 0.3 is 0 Å². The van der Waals surface area contributed by atoms with E-state index in [2.05, 4.69) is 30.2 Å².